The van der Waals surface area contributed by atoms with Crippen molar-refractivity contribution in [1.29, 1.82) is 0 Å². The second-order valence-corrected chi connectivity index (χ2v) is 5.10. The van der Waals surface area contributed by atoms with Crippen LogP contribution < -0.4 is 10.6 Å². The predicted molar refractivity (Wildman–Crippen MR) is 73.3 cm³/mol. The lowest BCUT2D eigenvalue weighted by Gasteiger charge is -2.26. The van der Waals surface area contributed by atoms with E-state index in [1.807, 2.05) is 12.1 Å². The van der Waals surface area contributed by atoms with E-state index >= 15 is 0 Å². The zero-order valence-corrected chi connectivity index (χ0v) is 11.2. The van der Waals surface area contributed by atoms with E-state index in [-0.39, 0.29) is 18.0 Å². The Morgan fingerprint density at radius 1 is 1.44 bits per heavy atom. The first kappa shape index (κ1) is 13.1. The van der Waals surface area contributed by atoms with Crippen LogP contribution in [0, 0.1) is 0 Å². The first-order valence-corrected chi connectivity index (χ1v) is 6.81. The van der Waals surface area contributed by atoms with E-state index < -0.39 is 0 Å². The molecular weight excluding hydrogens is 224 g/mol. The van der Waals surface area contributed by atoms with E-state index in [0.717, 1.165) is 25.8 Å². The molecule has 1 aliphatic heterocycles. The number of benzene rings is 1. The fraction of sp³-hybridized carbons (Fsp3) is 0.533. The molecule has 0 aliphatic carbocycles. The molecule has 1 amide bonds. The molecule has 3 nitrogen and oxygen atoms in total. The van der Waals surface area contributed by atoms with Gasteiger partial charge in [-0.2, -0.15) is 0 Å². The van der Waals surface area contributed by atoms with Crippen LogP contribution in [0.25, 0.3) is 0 Å². The molecule has 1 unspecified atom stereocenters. The van der Waals surface area contributed by atoms with Crippen molar-refractivity contribution in [3.63, 3.8) is 0 Å². The molecule has 0 fully saturated rings. The van der Waals surface area contributed by atoms with Gasteiger partial charge < -0.3 is 10.6 Å². The van der Waals surface area contributed by atoms with Crippen molar-refractivity contribution < 1.29 is 4.79 Å². The van der Waals surface area contributed by atoms with Gasteiger partial charge in [0.1, 0.15) is 0 Å². The molecule has 0 saturated heterocycles. The Labute approximate surface area is 109 Å². The molecule has 1 aromatic rings. The maximum absolute atomic E-state index is 12.1. The van der Waals surface area contributed by atoms with Crippen LogP contribution >= 0.6 is 0 Å². The van der Waals surface area contributed by atoms with Gasteiger partial charge in [0.05, 0.1) is 6.04 Å². The van der Waals surface area contributed by atoms with Crippen molar-refractivity contribution >= 4 is 5.91 Å². The molecule has 1 aliphatic rings. The number of fused-ring (bicyclic) bond motifs is 1. The summed E-state index contributed by atoms with van der Waals surface area (Å²) in [6.07, 6.45) is 2.93. The number of nitrogens with one attached hydrogen (secondary N) is 2. The Bertz CT molecular complexity index is 417. The first-order valence-electron chi connectivity index (χ1n) is 6.81. The lowest BCUT2D eigenvalue weighted by atomic mass is 9.95. The van der Waals surface area contributed by atoms with Crippen LogP contribution in [0.15, 0.2) is 24.3 Å². The first-order chi connectivity index (χ1) is 8.70. The molecule has 1 heterocycles. The molecule has 0 aromatic heterocycles. The minimum Gasteiger partial charge on any atom is -0.352 e. The van der Waals surface area contributed by atoms with Gasteiger partial charge in [0.2, 0.25) is 5.91 Å². The maximum Gasteiger partial charge on any atom is 0.237 e. The lowest BCUT2D eigenvalue weighted by Crippen LogP contribution is -2.49. The normalized spacial score (nSPS) is 20.0. The van der Waals surface area contributed by atoms with Crippen molar-refractivity contribution in [2.45, 2.75) is 51.7 Å². The summed E-state index contributed by atoms with van der Waals surface area (Å²) in [5, 5.41) is 6.39. The molecule has 18 heavy (non-hydrogen) atoms. The third kappa shape index (κ3) is 3.10. The molecule has 0 saturated carbocycles. The topological polar surface area (TPSA) is 41.1 Å². The Kier molecular flexibility index (Phi) is 4.37. The van der Waals surface area contributed by atoms with Crippen molar-refractivity contribution in [3.05, 3.63) is 35.4 Å². The van der Waals surface area contributed by atoms with Crippen molar-refractivity contribution in [3.8, 4) is 0 Å². The molecule has 2 N–H and O–H groups in total. The highest BCUT2D eigenvalue weighted by Crippen LogP contribution is 2.16. The molecule has 0 radical (unpaired) electrons. The molecule has 98 valence electrons. The Morgan fingerprint density at radius 3 is 2.89 bits per heavy atom. The minimum absolute atomic E-state index is 0.0841. The standard InChI is InChI=1S/C15H22N2O/c1-3-6-11(2)17-15(18)14-9-12-7-4-5-8-13(12)10-16-14/h4-5,7-8,11,14,16H,3,6,9-10H2,1-2H3,(H,17,18)/t11?,14-/m1/s1. The molecule has 3 heteroatoms. The number of hydrogen-bond donors (Lipinski definition) is 2. The van der Waals surface area contributed by atoms with E-state index in [0.29, 0.717) is 0 Å². The average Bonchev–Trinajstić information content (AvgIpc) is 2.38. The third-order valence-corrected chi connectivity index (χ3v) is 3.51. The molecule has 2 atom stereocenters. The number of amides is 1. The Hall–Kier alpha value is -1.35. The molecule has 2 rings (SSSR count). The zero-order valence-electron chi connectivity index (χ0n) is 11.2. The molecular formula is C15H22N2O. The molecule has 1 aromatic carbocycles. The van der Waals surface area contributed by atoms with Crippen molar-refractivity contribution in [1.82, 2.24) is 10.6 Å². The van der Waals surface area contributed by atoms with Crippen LogP contribution in [0.2, 0.25) is 0 Å². The van der Waals surface area contributed by atoms with Crippen LogP contribution in [-0.4, -0.2) is 18.0 Å². The summed E-state index contributed by atoms with van der Waals surface area (Å²) in [5.74, 6) is 0.130. The van der Waals surface area contributed by atoms with Crippen molar-refractivity contribution in [2.75, 3.05) is 0 Å². The van der Waals surface area contributed by atoms with Crippen LogP contribution in [-0.2, 0) is 17.8 Å². The van der Waals surface area contributed by atoms with Gasteiger partial charge in [0.25, 0.3) is 0 Å². The summed E-state index contributed by atoms with van der Waals surface area (Å²) < 4.78 is 0. The number of carbonyl (C=O) groups excluding carboxylic acids is 1. The van der Waals surface area contributed by atoms with E-state index in [9.17, 15) is 4.79 Å². The summed E-state index contributed by atoms with van der Waals surface area (Å²) >= 11 is 0. The highest BCUT2D eigenvalue weighted by molar-refractivity contribution is 5.82. The van der Waals surface area contributed by atoms with Gasteiger partial charge >= 0.3 is 0 Å². The van der Waals surface area contributed by atoms with E-state index in [1.54, 1.807) is 0 Å². The number of rotatable bonds is 4. The lowest BCUT2D eigenvalue weighted by molar-refractivity contribution is -0.124. The van der Waals surface area contributed by atoms with Gasteiger partial charge in [-0.25, -0.2) is 0 Å². The van der Waals surface area contributed by atoms with Crippen molar-refractivity contribution in [2.24, 2.45) is 0 Å². The van der Waals surface area contributed by atoms with E-state index in [2.05, 4.69) is 36.6 Å². The number of hydrogen-bond acceptors (Lipinski definition) is 2. The average molecular weight is 246 g/mol. The monoisotopic (exact) mass is 246 g/mol. The maximum atomic E-state index is 12.1. The number of carbonyl (C=O) groups is 1. The highest BCUT2D eigenvalue weighted by Gasteiger charge is 2.24. The minimum atomic E-state index is -0.0841. The molecule has 0 spiro atoms. The molecule has 0 bridgehead atoms. The summed E-state index contributed by atoms with van der Waals surface area (Å²) in [5.41, 5.74) is 2.60. The largest absolute Gasteiger partial charge is 0.352 e. The second kappa shape index (κ2) is 6.01. The third-order valence-electron chi connectivity index (χ3n) is 3.51. The fourth-order valence-electron chi connectivity index (χ4n) is 2.49. The van der Waals surface area contributed by atoms with Crippen LogP contribution in [0.4, 0.5) is 0 Å². The van der Waals surface area contributed by atoms with Crippen LogP contribution in [0.1, 0.15) is 37.8 Å². The Morgan fingerprint density at radius 2 is 2.17 bits per heavy atom. The van der Waals surface area contributed by atoms with Crippen LogP contribution in [0.3, 0.4) is 0 Å². The summed E-state index contributed by atoms with van der Waals surface area (Å²) in [4.78, 5) is 12.1. The van der Waals surface area contributed by atoms with Gasteiger partial charge in [0, 0.05) is 12.6 Å². The van der Waals surface area contributed by atoms with E-state index in [1.165, 1.54) is 11.1 Å². The Balaban J connectivity index is 1.94. The fourth-order valence-corrected chi connectivity index (χ4v) is 2.49. The van der Waals surface area contributed by atoms with Gasteiger partial charge in [0.15, 0.2) is 0 Å². The zero-order chi connectivity index (χ0) is 13.0. The summed E-state index contributed by atoms with van der Waals surface area (Å²) in [6.45, 7) is 4.99. The van der Waals surface area contributed by atoms with Crippen LogP contribution in [0.5, 0.6) is 0 Å². The smallest absolute Gasteiger partial charge is 0.237 e. The predicted octanol–water partition coefficient (Wildman–Crippen LogP) is 2.01. The highest BCUT2D eigenvalue weighted by atomic mass is 16.2. The quantitative estimate of drug-likeness (QED) is 0.853. The summed E-state index contributed by atoms with van der Waals surface area (Å²) in [7, 11) is 0. The second-order valence-electron chi connectivity index (χ2n) is 5.10. The van der Waals surface area contributed by atoms with Gasteiger partial charge in [-0.05, 0) is 30.9 Å². The SMILES string of the molecule is CCCC(C)NC(=O)[C@H]1Cc2ccccc2CN1. The van der Waals surface area contributed by atoms with Gasteiger partial charge in [-0.3, -0.25) is 4.79 Å². The van der Waals surface area contributed by atoms with E-state index in [4.69, 9.17) is 0 Å². The summed E-state index contributed by atoms with van der Waals surface area (Å²) in [6, 6.07) is 8.51. The van der Waals surface area contributed by atoms with Gasteiger partial charge in [-0.1, -0.05) is 37.6 Å². The van der Waals surface area contributed by atoms with Gasteiger partial charge in [-0.15, -0.1) is 0 Å².